The van der Waals surface area contributed by atoms with Crippen molar-refractivity contribution in [1.82, 2.24) is 4.98 Å². The molecule has 0 saturated heterocycles. The molecule has 1 aromatic heterocycles. The maximum Gasteiger partial charge on any atom is 0.339 e. The van der Waals surface area contributed by atoms with Gasteiger partial charge in [-0.3, -0.25) is 10.1 Å². The molecule has 7 heteroatoms. The number of hydrogen-bond acceptors (Lipinski definition) is 6. The van der Waals surface area contributed by atoms with Crippen LogP contribution < -0.4 is 4.90 Å². The zero-order valence-electron chi connectivity index (χ0n) is 12.2. The van der Waals surface area contributed by atoms with Gasteiger partial charge >= 0.3 is 11.7 Å². The van der Waals surface area contributed by atoms with Crippen LogP contribution in [0.5, 0.6) is 0 Å². The SMILES string of the molecule is COC(=O)c1cnc(N(C)CC2CCCC2)c([N+](=O)[O-])c1. The van der Waals surface area contributed by atoms with E-state index in [0.29, 0.717) is 11.7 Å². The molecule has 0 N–H and O–H groups in total. The Morgan fingerprint density at radius 3 is 2.76 bits per heavy atom. The zero-order chi connectivity index (χ0) is 15.4. The molecule has 7 nitrogen and oxygen atoms in total. The standard InChI is InChI=1S/C14H19N3O4/c1-16(9-10-5-3-4-6-10)13-12(17(19)20)7-11(8-15-13)14(18)21-2/h7-8,10H,3-6,9H2,1-2H3. The Labute approximate surface area is 123 Å². The van der Waals surface area contributed by atoms with E-state index in [-0.39, 0.29) is 11.3 Å². The Hall–Kier alpha value is -2.18. The van der Waals surface area contributed by atoms with Crippen molar-refractivity contribution in [3.8, 4) is 0 Å². The summed E-state index contributed by atoms with van der Waals surface area (Å²) >= 11 is 0. The van der Waals surface area contributed by atoms with Crippen LogP contribution in [0.1, 0.15) is 36.0 Å². The molecule has 0 aromatic carbocycles. The number of rotatable bonds is 5. The summed E-state index contributed by atoms with van der Waals surface area (Å²) in [4.78, 5) is 28.0. The lowest BCUT2D eigenvalue weighted by atomic mass is 10.1. The van der Waals surface area contributed by atoms with Crippen molar-refractivity contribution in [2.45, 2.75) is 25.7 Å². The normalized spacial score (nSPS) is 15.0. The molecule has 1 aliphatic rings. The van der Waals surface area contributed by atoms with Gasteiger partial charge in [-0.05, 0) is 18.8 Å². The highest BCUT2D eigenvalue weighted by Gasteiger charge is 2.24. The second-order valence-corrected chi connectivity index (χ2v) is 5.35. The maximum atomic E-state index is 11.4. The molecule has 1 saturated carbocycles. The van der Waals surface area contributed by atoms with Gasteiger partial charge in [0.15, 0.2) is 0 Å². The first-order valence-electron chi connectivity index (χ1n) is 6.96. The predicted molar refractivity (Wildman–Crippen MR) is 77.5 cm³/mol. The highest BCUT2D eigenvalue weighted by molar-refractivity contribution is 5.90. The molecule has 0 bridgehead atoms. The number of carbonyl (C=O) groups is 1. The monoisotopic (exact) mass is 293 g/mol. The van der Waals surface area contributed by atoms with E-state index in [1.54, 1.807) is 11.9 Å². The van der Waals surface area contributed by atoms with Gasteiger partial charge in [0.05, 0.1) is 17.6 Å². The fourth-order valence-corrected chi connectivity index (χ4v) is 2.77. The molecule has 0 amide bonds. The third-order valence-corrected chi connectivity index (χ3v) is 3.83. The number of carbonyl (C=O) groups excluding carboxylic acids is 1. The lowest BCUT2D eigenvalue weighted by Gasteiger charge is -2.21. The number of pyridine rings is 1. The first kappa shape index (κ1) is 15.2. The molecule has 21 heavy (non-hydrogen) atoms. The van der Waals surface area contributed by atoms with Crippen LogP contribution in [0.3, 0.4) is 0 Å². The van der Waals surface area contributed by atoms with Gasteiger partial charge in [-0.1, -0.05) is 12.8 Å². The molecule has 0 spiro atoms. The summed E-state index contributed by atoms with van der Waals surface area (Å²) in [6, 6.07) is 1.22. The number of hydrogen-bond donors (Lipinski definition) is 0. The van der Waals surface area contributed by atoms with Crippen LogP contribution in [0.25, 0.3) is 0 Å². The van der Waals surface area contributed by atoms with E-state index in [1.165, 1.54) is 32.2 Å². The molecule has 0 unspecified atom stereocenters. The second kappa shape index (κ2) is 6.51. The largest absolute Gasteiger partial charge is 0.465 e. The van der Waals surface area contributed by atoms with Crippen molar-refractivity contribution >= 4 is 17.5 Å². The Morgan fingerprint density at radius 2 is 2.19 bits per heavy atom. The molecule has 114 valence electrons. The summed E-state index contributed by atoms with van der Waals surface area (Å²) < 4.78 is 4.56. The topological polar surface area (TPSA) is 85.6 Å². The fourth-order valence-electron chi connectivity index (χ4n) is 2.77. The number of ether oxygens (including phenoxy) is 1. The Kier molecular flexibility index (Phi) is 4.72. The first-order chi connectivity index (χ1) is 10.0. The van der Waals surface area contributed by atoms with Crippen molar-refractivity contribution in [2.75, 3.05) is 25.6 Å². The minimum absolute atomic E-state index is 0.0854. The third kappa shape index (κ3) is 3.48. The Bertz CT molecular complexity index is 541. The van der Waals surface area contributed by atoms with E-state index in [2.05, 4.69) is 9.72 Å². The van der Waals surface area contributed by atoms with Crippen LogP contribution in [0.15, 0.2) is 12.3 Å². The maximum absolute atomic E-state index is 11.4. The number of nitro groups is 1. The lowest BCUT2D eigenvalue weighted by Crippen LogP contribution is -2.26. The smallest absolute Gasteiger partial charge is 0.339 e. The van der Waals surface area contributed by atoms with Crippen molar-refractivity contribution in [3.63, 3.8) is 0 Å². The zero-order valence-corrected chi connectivity index (χ0v) is 12.2. The molecular formula is C14H19N3O4. The van der Waals surface area contributed by atoms with Crippen LogP contribution in [-0.4, -0.2) is 36.6 Å². The van der Waals surface area contributed by atoms with Gasteiger partial charge in [-0.25, -0.2) is 9.78 Å². The summed E-state index contributed by atoms with van der Waals surface area (Å²) in [6.07, 6.45) is 6.06. The van der Waals surface area contributed by atoms with Gasteiger partial charge in [0.1, 0.15) is 0 Å². The van der Waals surface area contributed by atoms with Crippen LogP contribution in [0, 0.1) is 16.0 Å². The lowest BCUT2D eigenvalue weighted by molar-refractivity contribution is -0.384. The molecule has 0 aliphatic heterocycles. The van der Waals surface area contributed by atoms with E-state index < -0.39 is 10.9 Å². The first-order valence-corrected chi connectivity index (χ1v) is 6.96. The summed E-state index contributed by atoms with van der Waals surface area (Å²) in [5.74, 6) is 0.215. The minimum Gasteiger partial charge on any atom is -0.465 e. The highest BCUT2D eigenvalue weighted by atomic mass is 16.6. The molecule has 2 rings (SSSR count). The van der Waals surface area contributed by atoms with Gasteiger partial charge in [0.2, 0.25) is 5.82 Å². The van der Waals surface area contributed by atoms with Crippen molar-refractivity contribution in [3.05, 3.63) is 27.9 Å². The highest BCUT2D eigenvalue weighted by Crippen LogP contribution is 2.30. The van der Waals surface area contributed by atoms with Crippen LogP contribution >= 0.6 is 0 Å². The Balaban J connectivity index is 2.24. The van der Waals surface area contributed by atoms with Gasteiger partial charge in [0.25, 0.3) is 0 Å². The van der Waals surface area contributed by atoms with Gasteiger partial charge in [-0.2, -0.15) is 0 Å². The van der Waals surface area contributed by atoms with E-state index in [0.717, 1.165) is 19.4 Å². The van der Waals surface area contributed by atoms with Gasteiger partial charge in [-0.15, -0.1) is 0 Å². The number of aromatic nitrogens is 1. The van der Waals surface area contributed by atoms with E-state index in [9.17, 15) is 14.9 Å². The fraction of sp³-hybridized carbons (Fsp3) is 0.571. The summed E-state index contributed by atoms with van der Waals surface area (Å²) in [6.45, 7) is 0.741. The second-order valence-electron chi connectivity index (χ2n) is 5.35. The van der Waals surface area contributed by atoms with E-state index >= 15 is 0 Å². The van der Waals surface area contributed by atoms with Crippen LogP contribution in [0.4, 0.5) is 11.5 Å². The quantitative estimate of drug-likeness (QED) is 0.471. The Morgan fingerprint density at radius 1 is 1.52 bits per heavy atom. The van der Waals surface area contributed by atoms with E-state index in [4.69, 9.17) is 0 Å². The summed E-state index contributed by atoms with van der Waals surface area (Å²) in [5, 5.41) is 11.2. The van der Waals surface area contributed by atoms with Crippen molar-refractivity contribution < 1.29 is 14.5 Å². The number of nitrogens with zero attached hydrogens (tertiary/aromatic N) is 3. The van der Waals surface area contributed by atoms with Crippen molar-refractivity contribution in [2.24, 2.45) is 5.92 Å². The molecule has 1 heterocycles. The average Bonchev–Trinajstić information content (AvgIpc) is 2.98. The minimum atomic E-state index is -0.629. The van der Waals surface area contributed by atoms with Gasteiger partial charge in [0, 0.05) is 25.9 Å². The van der Waals surface area contributed by atoms with Crippen LogP contribution in [0.2, 0.25) is 0 Å². The van der Waals surface area contributed by atoms with Gasteiger partial charge < -0.3 is 9.64 Å². The number of esters is 1. The number of methoxy groups -OCH3 is 1. The van der Waals surface area contributed by atoms with Crippen molar-refractivity contribution in [1.29, 1.82) is 0 Å². The molecule has 0 atom stereocenters. The summed E-state index contributed by atoms with van der Waals surface area (Å²) in [7, 11) is 3.03. The molecule has 1 aliphatic carbocycles. The van der Waals surface area contributed by atoms with Crippen LogP contribution in [-0.2, 0) is 4.74 Å². The third-order valence-electron chi connectivity index (χ3n) is 3.83. The molecule has 0 radical (unpaired) electrons. The predicted octanol–water partition coefficient (Wildman–Crippen LogP) is 2.40. The summed E-state index contributed by atoms with van der Waals surface area (Å²) in [5.41, 5.74) is -0.0828. The molecular weight excluding hydrogens is 274 g/mol. The van der Waals surface area contributed by atoms with E-state index in [1.807, 2.05) is 0 Å². The number of anilines is 1. The molecule has 1 aromatic rings. The average molecular weight is 293 g/mol. The molecule has 1 fully saturated rings.